The third kappa shape index (κ3) is 6.41. The van der Waals surface area contributed by atoms with E-state index in [-0.39, 0.29) is 0 Å². The number of aliphatic imine (C=N–C) groups is 1. The third-order valence-electron chi connectivity index (χ3n) is 4.51. The molecule has 1 aliphatic rings. The molecule has 1 saturated heterocycles. The first-order valence-electron chi connectivity index (χ1n) is 9.78. The van der Waals surface area contributed by atoms with Crippen molar-refractivity contribution < 1.29 is 9.47 Å². The molecule has 1 N–H and O–H groups in total. The maximum absolute atomic E-state index is 5.38. The van der Waals surface area contributed by atoms with Crippen LogP contribution in [0.2, 0.25) is 0 Å². The van der Waals surface area contributed by atoms with Crippen LogP contribution in [0.3, 0.4) is 0 Å². The maximum Gasteiger partial charge on any atom is 0.194 e. The van der Waals surface area contributed by atoms with Gasteiger partial charge in [-0.15, -0.1) is 0 Å². The molecule has 0 bridgehead atoms. The summed E-state index contributed by atoms with van der Waals surface area (Å²) in [5.74, 6) is 1.94. The normalized spacial score (nSPS) is 15.3. The summed E-state index contributed by atoms with van der Waals surface area (Å²) >= 11 is 0. The molecule has 6 heteroatoms. The van der Waals surface area contributed by atoms with Gasteiger partial charge in [0, 0.05) is 58.2 Å². The Morgan fingerprint density at radius 2 is 1.81 bits per heavy atom. The van der Waals surface area contributed by atoms with Crippen LogP contribution >= 0.6 is 0 Å². The minimum Gasteiger partial charge on any atom is -0.497 e. The number of benzene rings is 1. The smallest absolute Gasteiger partial charge is 0.194 e. The summed E-state index contributed by atoms with van der Waals surface area (Å²) in [6.07, 6.45) is 2.14. The Kier molecular flexibility index (Phi) is 9.10. The Bertz CT molecular complexity index is 525. The van der Waals surface area contributed by atoms with Crippen LogP contribution in [0.1, 0.15) is 26.7 Å². The van der Waals surface area contributed by atoms with Crippen molar-refractivity contribution >= 4 is 11.6 Å². The van der Waals surface area contributed by atoms with E-state index in [2.05, 4.69) is 34.2 Å². The lowest BCUT2D eigenvalue weighted by Gasteiger charge is -2.37. The number of guanidine groups is 1. The van der Waals surface area contributed by atoms with Crippen molar-refractivity contribution in [3.8, 4) is 5.75 Å². The zero-order chi connectivity index (χ0) is 18.6. The first-order chi connectivity index (χ1) is 12.8. The fourth-order valence-corrected chi connectivity index (χ4v) is 3.04. The average Bonchev–Trinajstić information content (AvgIpc) is 2.70. The highest BCUT2D eigenvalue weighted by Gasteiger charge is 2.19. The van der Waals surface area contributed by atoms with Gasteiger partial charge in [0.25, 0.3) is 0 Å². The quantitative estimate of drug-likeness (QED) is 0.416. The second kappa shape index (κ2) is 11.6. The Hall–Kier alpha value is -1.95. The van der Waals surface area contributed by atoms with Crippen LogP contribution in [0.25, 0.3) is 0 Å². The molecule has 146 valence electrons. The number of anilines is 1. The van der Waals surface area contributed by atoms with E-state index in [1.54, 1.807) is 7.11 Å². The Morgan fingerprint density at radius 3 is 2.42 bits per heavy atom. The Morgan fingerprint density at radius 1 is 1.08 bits per heavy atom. The molecule has 0 saturated carbocycles. The van der Waals surface area contributed by atoms with Gasteiger partial charge in [-0.1, -0.05) is 0 Å². The SMILES string of the molecule is CCNC(=NCCCCOCC)N1CCN(c2ccc(OC)cc2)CC1. The van der Waals surface area contributed by atoms with E-state index >= 15 is 0 Å². The van der Waals surface area contributed by atoms with Crippen molar-refractivity contribution in [2.45, 2.75) is 26.7 Å². The molecule has 2 rings (SSSR count). The monoisotopic (exact) mass is 362 g/mol. The Labute approximate surface area is 158 Å². The van der Waals surface area contributed by atoms with Crippen LogP contribution in [0.4, 0.5) is 5.69 Å². The number of hydrogen-bond acceptors (Lipinski definition) is 4. The second-order valence-corrected chi connectivity index (χ2v) is 6.31. The van der Waals surface area contributed by atoms with Gasteiger partial charge in [-0.05, 0) is 51.0 Å². The second-order valence-electron chi connectivity index (χ2n) is 6.31. The number of methoxy groups -OCH3 is 1. The molecule has 1 aliphatic heterocycles. The molecule has 0 spiro atoms. The van der Waals surface area contributed by atoms with Crippen LogP contribution in [0.15, 0.2) is 29.3 Å². The van der Waals surface area contributed by atoms with Crippen molar-refractivity contribution in [1.82, 2.24) is 10.2 Å². The van der Waals surface area contributed by atoms with E-state index in [0.717, 1.165) is 77.0 Å². The molecule has 0 radical (unpaired) electrons. The summed E-state index contributed by atoms with van der Waals surface area (Å²) < 4.78 is 10.6. The molecule has 1 heterocycles. The minimum atomic E-state index is 0.796. The number of unbranched alkanes of at least 4 members (excludes halogenated alkanes) is 1. The predicted octanol–water partition coefficient (Wildman–Crippen LogP) is 2.60. The van der Waals surface area contributed by atoms with Crippen LogP contribution in [0, 0.1) is 0 Å². The van der Waals surface area contributed by atoms with Crippen molar-refractivity contribution in [1.29, 1.82) is 0 Å². The zero-order valence-electron chi connectivity index (χ0n) is 16.5. The topological polar surface area (TPSA) is 49.3 Å². The highest BCUT2D eigenvalue weighted by molar-refractivity contribution is 5.80. The number of piperazine rings is 1. The molecule has 0 atom stereocenters. The molecular weight excluding hydrogens is 328 g/mol. The van der Waals surface area contributed by atoms with Crippen LogP contribution in [-0.2, 0) is 4.74 Å². The van der Waals surface area contributed by atoms with Gasteiger partial charge < -0.3 is 24.6 Å². The van der Waals surface area contributed by atoms with E-state index in [1.165, 1.54) is 5.69 Å². The molecule has 0 unspecified atom stereocenters. The van der Waals surface area contributed by atoms with Gasteiger partial charge in [-0.3, -0.25) is 4.99 Å². The molecule has 0 aromatic heterocycles. The first kappa shape index (κ1) is 20.4. The van der Waals surface area contributed by atoms with Crippen LogP contribution in [0.5, 0.6) is 5.75 Å². The summed E-state index contributed by atoms with van der Waals surface area (Å²) in [6, 6.07) is 8.31. The number of nitrogens with zero attached hydrogens (tertiary/aromatic N) is 3. The van der Waals surface area contributed by atoms with Crippen molar-refractivity contribution in [2.75, 3.05) is 64.5 Å². The average molecular weight is 363 g/mol. The zero-order valence-corrected chi connectivity index (χ0v) is 16.5. The van der Waals surface area contributed by atoms with Gasteiger partial charge in [0.2, 0.25) is 0 Å². The summed E-state index contributed by atoms with van der Waals surface area (Å²) in [4.78, 5) is 9.58. The molecule has 26 heavy (non-hydrogen) atoms. The first-order valence-corrected chi connectivity index (χ1v) is 9.78. The standard InChI is InChI=1S/C20H34N4O2/c1-4-21-20(22-12-6-7-17-26-5-2)24-15-13-23(14-16-24)18-8-10-19(25-3)11-9-18/h8-11H,4-7,12-17H2,1-3H3,(H,21,22). The maximum atomic E-state index is 5.38. The van der Waals surface area contributed by atoms with Crippen molar-refractivity contribution in [2.24, 2.45) is 4.99 Å². The highest BCUT2D eigenvalue weighted by Crippen LogP contribution is 2.20. The largest absolute Gasteiger partial charge is 0.497 e. The van der Waals surface area contributed by atoms with E-state index < -0.39 is 0 Å². The molecule has 6 nitrogen and oxygen atoms in total. The van der Waals surface area contributed by atoms with Gasteiger partial charge in [0.05, 0.1) is 7.11 Å². The van der Waals surface area contributed by atoms with Crippen LogP contribution in [-0.4, -0.2) is 70.5 Å². The fourth-order valence-electron chi connectivity index (χ4n) is 3.04. The highest BCUT2D eigenvalue weighted by atomic mass is 16.5. The summed E-state index contributed by atoms with van der Waals surface area (Å²) in [5.41, 5.74) is 1.25. The summed E-state index contributed by atoms with van der Waals surface area (Å²) in [5, 5.41) is 3.43. The van der Waals surface area contributed by atoms with E-state index in [0.29, 0.717) is 0 Å². The lowest BCUT2D eigenvalue weighted by molar-refractivity contribution is 0.144. The van der Waals surface area contributed by atoms with E-state index in [4.69, 9.17) is 14.5 Å². The van der Waals surface area contributed by atoms with Gasteiger partial charge in [-0.25, -0.2) is 0 Å². The molecule has 1 fully saturated rings. The molecular formula is C20H34N4O2. The number of nitrogens with one attached hydrogen (secondary N) is 1. The van der Waals surface area contributed by atoms with Crippen LogP contribution < -0.4 is 15.0 Å². The predicted molar refractivity (Wildman–Crippen MR) is 108 cm³/mol. The molecule has 1 aromatic carbocycles. The van der Waals surface area contributed by atoms with E-state index in [1.807, 2.05) is 19.1 Å². The third-order valence-corrected chi connectivity index (χ3v) is 4.51. The van der Waals surface area contributed by atoms with Gasteiger partial charge >= 0.3 is 0 Å². The Balaban J connectivity index is 1.82. The summed E-state index contributed by atoms with van der Waals surface area (Å²) in [6.45, 7) is 11.5. The number of rotatable bonds is 9. The fraction of sp³-hybridized carbons (Fsp3) is 0.650. The minimum absolute atomic E-state index is 0.796. The summed E-state index contributed by atoms with van der Waals surface area (Å²) in [7, 11) is 1.70. The molecule has 0 aliphatic carbocycles. The molecule has 0 amide bonds. The lowest BCUT2D eigenvalue weighted by Crippen LogP contribution is -2.52. The van der Waals surface area contributed by atoms with Crippen molar-refractivity contribution in [3.05, 3.63) is 24.3 Å². The van der Waals surface area contributed by atoms with Gasteiger partial charge in [-0.2, -0.15) is 0 Å². The van der Waals surface area contributed by atoms with Gasteiger partial charge in [0.15, 0.2) is 5.96 Å². The number of ether oxygens (including phenoxy) is 2. The van der Waals surface area contributed by atoms with E-state index in [9.17, 15) is 0 Å². The number of hydrogen-bond donors (Lipinski definition) is 1. The lowest BCUT2D eigenvalue weighted by atomic mass is 10.2. The van der Waals surface area contributed by atoms with Crippen molar-refractivity contribution in [3.63, 3.8) is 0 Å². The van der Waals surface area contributed by atoms with Gasteiger partial charge in [0.1, 0.15) is 5.75 Å². The molecule has 1 aromatic rings.